The van der Waals surface area contributed by atoms with Gasteiger partial charge in [0.25, 0.3) is 0 Å². The van der Waals surface area contributed by atoms with Crippen LogP contribution in [0.4, 0.5) is 5.82 Å². The van der Waals surface area contributed by atoms with Crippen molar-refractivity contribution in [1.82, 2.24) is 14.9 Å². The normalized spacial score (nSPS) is 16.6. The summed E-state index contributed by atoms with van der Waals surface area (Å²) in [5, 5.41) is 9.85. The van der Waals surface area contributed by atoms with Crippen molar-refractivity contribution in [1.29, 1.82) is 5.26 Å². The van der Waals surface area contributed by atoms with Crippen LogP contribution in [-0.4, -0.2) is 60.2 Å². The lowest BCUT2D eigenvalue weighted by molar-refractivity contribution is -0.134. The maximum absolute atomic E-state index is 12.4. The summed E-state index contributed by atoms with van der Waals surface area (Å²) in [4.78, 5) is 25.5. The van der Waals surface area contributed by atoms with E-state index in [1.807, 2.05) is 30.0 Å². The summed E-state index contributed by atoms with van der Waals surface area (Å²) in [6.45, 7) is 8.59. The van der Waals surface area contributed by atoms with Crippen molar-refractivity contribution in [3.05, 3.63) is 41.9 Å². The molecule has 3 rings (SSSR count). The molecule has 1 atom stereocenters. The van der Waals surface area contributed by atoms with Crippen LogP contribution in [0.25, 0.3) is 11.1 Å². The van der Waals surface area contributed by atoms with Crippen LogP contribution in [0.15, 0.2) is 30.6 Å². The summed E-state index contributed by atoms with van der Waals surface area (Å²) < 4.78 is 5.03. The van der Waals surface area contributed by atoms with E-state index in [0.717, 1.165) is 16.8 Å². The highest BCUT2D eigenvalue weighted by molar-refractivity contribution is 5.77. The predicted molar refractivity (Wildman–Crippen MR) is 116 cm³/mol. The molecule has 0 aliphatic carbocycles. The van der Waals surface area contributed by atoms with Crippen LogP contribution < -0.4 is 4.90 Å². The van der Waals surface area contributed by atoms with Gasteiger partial charge in [-0.2, -0.15) is 5.26 Å². The van der Waals surface area contributed by atoms with Crippen LogP contribution in [0.3, 0.4) is 0 Å². The average Bonchev–Trinajstić information content (AvgIpc) is 2.76. The number of methoxy groups -OCH3 is 1. The molecule has 1 amide bonds. The fourth-order valence-electron chi connectivity index (χ4n) is 3.90. The monoisotopic (exact) mass is 407 g/mol. The van der Waals surface area contributed by atoms with Gasteiger partial charge < -0.3 is 14.5 Å². The van der Waals surface area contributed by atoms with Crippen molar-refractivity contribution in [3.8, 4) is 17.2 Å². The molecule has 0 bridgehead atoms. The predicted octanol–water partition coefficient (Wildman–Crippen LogP) is 3.21. The fraction of sp³-hybridized carbons (Fsp3) is 0.478. The molecule has 2 aromatic rings. The van der Waals surface area contributed by atoms with Crippen LogP contribution in [0.1, 0.15) is 44.4 Å². The number of rotatable bonds is 6. The topological polar surface area (TPSA) is 82.3 Å². The highest BCUT2D eigenvalue weighted by Crippen LogP contribution is 2.33. The molecule has 3 heterocycles. The maximum atomic E-state index is 12.4. The van der Waals surface area contributed by atoms with Gasteiger partial charge in [-0.3, -0.25) is 9.78 Å². The van der Waals surface area contributed by atoms with Crippen molar-refractivity contribution in [3.63, 3.8) is 0 Å². The van der Waals surface area contributed by atoms with Crippen molar-refractivity contribution in [2.24, 2.45) is 0 Å². The number of hydrogen-bond acceptors (Lipinski definition) is 6. The Morgan fingerprint density at radius 3 is 2.67 bits per heavy atom. The Morgan fingerprint density at radius 2 is 2.07 bits per heavy atom. The van der Waals surface area contributed by atoms with Crippen molar-refractivity contribution < 1.29 is 9.53 Å². The molecule has 0 saturated carbocycles. The van der Waals surface area contributed by atoms with Gasteiger partial charge in [-0.25, -0.2) is 4.98 Å². The Labute approximate surface area is 178 Å². The fourth-order valence-corrected chi connectivity index (χ4v) is 3.90. The van der Waals surface area contributed by atoms with E-state index >= 15 is 0 Å². The number of hydrogen-bond donors (Lipinski definition) is 0. The molecule has 0 aromatic carbocycles. The number of carbonyl (C=O) groups excluding carboxylic acids is 1. The van der Waals surface area contributed by atoms with Crippen LogP contribution in [0, 0.1) is 11.3 Å². The third kappa shape index (κ3) is 4.60. The molecule has 7 nitrogen and oxygen atoms in total. The number of nitrogens with zero attached hydrogens (tertiary/aromatic N) is 5. The first kappa shape index (κ1) is 21.7. The second-order valence-electron chi connectivity index (χ2n) is 7.92. The minimum absolute atomic E-state index is 0.0406. The van der Waals surface area contributed by atoms with E-state index in [0.29, 0.717) is 44.0 Å². The van der Waals surface area contributed by atoms with Crippen LogP contribution in [-0.2, 0) is 9.53 Å². The molecule has 0 N–H and O–H groups in total. The van der Waals surface area contributed by atoms with E-state index in [4.69, 9.17) is 9.72 Å². The average molecular weight is 408 g/mol. The first-order valence-corrected chi connectivity index (χ1v) is 10.3. The Hall–Kier alpha value is -2.98. The number of anilines is 1. The summed E-state index contributed by atoms with van der Waals surface area (Å²) >= 11 is 0. The second kappa shape index (κ2) is 9.68. The number of pyridine rings is 2. The van der Waals surface area contributed by atoms with Crippen molar-refractivity contribution in [2.45, 2.75) is 39.2 Å². The van der Waals surface area contributed by atoms with Crippen LogP contribution >= 0.6 is 0 Å². The molecule has 1 saturated heterocycles. The van der Waals surface area contributed by atoms with E-state index in [1.165, 1.54) is 0 Å². The molecule has 30 heavy (non-hydrogen) atoms. The Kier molecular flexibility index (Phi) is 7.01. The van der Waals surface area contributed by atoms with Gasteiger partial charge in [0.05, 0.1) is 24.3 Å². The molecule has 1 fully saturated rings. The molecule has 7 heteroatoms. The lowest BCUT2D eigenvalue weighted by Gasteiger charge is -2.41. The standard InChI is InChI=1S/C23H29N5O2/c1-16(2)22-20(18-5-8-25-9-6-18)13-19(14-24)23(26-22)27-10-11-28(17(3)15-27)21(29)7-12-30-4/h5-6,8-9,13,16-17H,7,10-12,15H2,1-4H3. The van der Waals surface area contributed by atoms with Gasteiger partial charge in [-0.1, -0.05) is 13.8 Å². The third-order valence-electron chi connectivity index (χ3n) is 5.46. The molecule has 1 unspecified atom stereocenters. The third-order valence-corrected chi connectivity index (χ3v) is 5.46. The Morgan fingerprint density at radius 1 is 1.33 bits per heavy atom. The van der Waals surface area contributed by atoms with Gasteiger partial charge in [0, 0.05) is 50.7 Å². The minimum atomic E-state index is 0.0406. The zero-order chi connectivity index (χ0) is 21.7. The van der Waals surface area contributed by atoms with Gasteiger partial charge in [0.2, 0.25) is 5.91 Å². The van der Waals surface area contributed by atoms with Gasteiger partial charge in [-0.15, -0.1) is 0 Å². The SMILES string of the molecule is COCCC(=O)N1CCN(c2nc(C(C)C)c(-c3ccncc3)cc2C#N)CC1C. The highest BCUT2D eigenvalue weighted by atomic mass is 16.5. The molecule has 2 aromatic heterocycles. The number of carbonyl (C=O) groups is 1. The summed E-state index contributed by atoms with van der Waals surface area (Å²) in [7, 11) is 1.60. The van der Waals surface area contributed by atoms with E-state index in [-0.39, 0.29) is 17.9 Å². The molecule has 0 radical (unpaired) electrons. The zero-order valence-corrected chi connectivity index (χ0v) is 18.1. The molecular weight excluding hydrogens is 378 g/mol. The largest absolute Gasteiger partial charge is 0.384 e. The van der Waals surface area contributed by atoms with Gasteiger partial charge >= 0.3 is 0 Å². The summed E-state index contributed by atoms with van der Waals surface area (Å²) in [5.74, 6) is 1.01. The smallest absolute Gasteiger partial charge is 0.225 e. The van der Waals surface area contributed by atoms with E-state index in [2.05, 4.69) is 29.8 Å². The molecule has 158 valence electrons. The van der Waals surface area contributed by atoms with Crippen molar-refractivity contribution in [2.75, 3.05) is 38.3 Å². The lowest BCUT2D eigenvalue weighted by Crippen LogP contribution is -2.54. The van der Waals surface area contributed by atoms with Crippen LogP contribution in [0.2, 0.25) is 0 Å². The van der Waals surface area contributed by atoms with Crippen molar-refractivity contribution >= 4 is 11.7 Å². The first-order valence-electron chi connectivity index (χ1n) is 10.3. The van der Waals surface area contributed by atoms with E-state index in [9.17, 15) is 10.1 Å². The quantitative estimate of drug-likeness (QED) is 0.731. The summed E-state index contributed by atoms with van der Waals surface area (Å²) in [6.07, 6.45) is 3.89. The number of nitriles is 1. The van der Waals surface area contributed by atoms with E-state index in [1.54, 1.807) is 19.5 Å². The molecular formula is C23H29N5O2. The first-order chi connectivity index (χ1) is 14.5. The van der Waals surface area contributed by atoms with Gasteiger partial charge in [0.1, 0.15) is 11.9 Å². The number of ether oxygens (including phenoxy) is 1. The number of amides is 1. The number of aromatic nitrogens is 2. The van der Waals surface area contributed by atoms with Crippen LogP contribution in [0.5, 0.6) is 0 Å². The molecule has 1 aliphatic rings. The zero-order valence-electron chi connectivity index (χ0n) is 18.1. The minimum Gasteiger partial charge on any atom is -0.384 e. The van der Waals surface area contributed by atoms with Gasteiger partial charge in [-0.05, 0) is 36.6 Å². The second-order valence-corrected chi connectivity index (χ2v) is 7.92. The molecule has 0 spiro atoms. The van der Waals surface area contributed by atoms with E-state index < -0.39 is 0 Å². The van der Waals surface area contributed by atoms with Gasteiger partial charge in [0.15, 0.2) is 0 Å². The highest BCUT2D eigenvalue weighted by Gasteiger charge is 2.29. The lowest BCUT2D eigenvalue weighted by atomic mass is 9.96. The maximum Gasteiger partial charge on any atom is 0.225 e. The Bertz CT molecular complexity index is 923. The summed E-state index contributed by atoms with van der Waals surface area (Å²) in [5.41, 5.74) is 3.49. The summed E-state index contributed by atoms with van der Waals surface area (Å²) in [6, 6.07) is 8.19. The number of piperazine rings is 1. The molecule has 1 aliphatic heterocycles. The Balaban J connectivity index is 1.91.